The lowest BCUT2D eigenvalue weighted by Gasteiger charge is -2.24. The van der Waals surface area contributed by atoms with E-state index in [1.54, 1.807) is 11.3 Å². The van der Waals surface area contributed by atoms with Crippen LogP contribution in [-0.2, 0) is 20.1 Å². The zero-order valence-corrected chi connectivity index (χ0v) is 13.0. The molecule has 0 aliphatic heterocycles. The smallest absolute Gasteiger partial charge is 0.318 e. The van der Waals surface area contributed by atoms with Gasteiger partial charge in [-0.1, -0.05) is 6.07 Å². The molecule has 0 fully saturated rings. The third-order valence-corrected chi connectivity index (χ3v) is 3.89. The van der Waals surface area contributed by atoms with Gasteiger partial charge in [-0.25, -0.2) is 4.79 Å². The molecule has 0 unspecified atom stereocenters. The number of carbonyl (C=O) groups is 1. The van der Waals surface area contributed by atoms with Crippen LogP contribution in [0.4, 0.5) is 4.79 Å². The second kappa shape index (κ2) is 6.61. The summed E-state index contributed by atoms with van der Waals surface area (Å²) >= 11 is 1.68. The highest BCUT2D eigenvalue weighted by Gasteiger charge is 2.16. The molecule has 2 amide bonds. The van der Waals surface area contributed by atoms with Crippen LogP contribution in [0.5, 0.6) is 0 Å². The predicted molar refractivity (Wildman–Crippen MR) is 82.6 cm³/mol. The van der Waals surface area contributed by atoms with Crippen molar-refractivity contribution >= 4 is 17.4 Å². The van der Waals surface area contributed by atoms with Crippen LogP contribution in [0.2, 0.25) is 0 Å². The molecular formula is C15H21N3OS. The molecule has 4 nitrogen and oxygen atoms in total. The maximum atomic E-state index is 12.3. The Kier molecular flexibility index (Phi) is 4.84. The van der Waals surface area contributed by atoms with Gasteiger partial charge in [0.05, 0.1) is 13.1 Å². The minimum atomic E-state index is -0.0189. The summed E-state index contributed by atoms with van der Waals surface area (Å²) < 4.78 is 2.05. The first-order valence-electron chi connectivity index (χ1n) is 6.74. The van der Waals surface area contributed by atoms with Gasteiger partial charge in [0.2, 0.25) is 0 Å². The third-order valence-electron chi connectivity index (χ3n) is 3.03. The first-order valence-corrected chi connectivity index (χ1v) is 7.62. The molecule has 0 aliphatic carbocycles. The van der Waals surface area contributed by atoms with E-state index in [-0.39, 0.29) is 12.1 Å². The average molecular weight is 291 g/mol. The van der Waals surface area contributed by atoms with Gasteiger partial charge < -0.3 is 14.8 Å². The molecule has 1 N–H and O–H groups in total. The number of hydrogen-bond acceptors (Lipinski definition) is 2. The summed E-state index contributed by atoms with van der Waals surface area (Å²) in [5, 5.41) is 5.01. The number of aryl methyl sites for hydroxylation is 1. The van der Waals surface area contributed by atoms with Crippen molar-refractivity contribution in [2.24, 2.45) is 7.05 Å². The van der Waals surface area contributed by atoms with E-state index in [9.17, 15) is 4.79 Å². The monoisotopic (exact) mass is 291 g/mol. The van der Waals surface area contributed by atoms with Crippen LogP contribution >= 0.6 is 11.3 Å². The van der Waals surface area contributed by atoms with Crippen LogP contribution < -0.4 is 5.32 Å². The molecule has 0 atom stereocenters. The minimum Gasteiger partial charge on any atom is -0.353 e. The average Bonchev–Trinajstić information content (AvgIpc) is 3.00. The first kappa shape index (κ1) is 14.7. The number of nitrogens with zero attached hydrogens (tertiary/aromatic N) is 2. The fourth-order valence-electron chi connectivity index (χ4n) is 1.98. The summed E-state index contributed by atoms with van der Waals surface area (Å²) in [5.41, 5.74) is 1.13. The number of rotatable bonds is 5. The number of aromatic nitrogens is 1. The summed E-state index contributed by atoms with van der Waals surface area (Å²) in [4.78, 5) is 15.4. The molecule has 2 aromatic heterocycles. The second-order valence-corrected chi connectivity index (χ2v) is 6.18. The molecule has 0 bridgehead atoms. The van der Waals surface area contributed by atoms with Gasteiger partial charge in [-0.3, -0.25) is 0 Å². The zero-order chi connectivity index (χ0) is 14.5. The van der Waals surface area contributed by atoms with Gasteiger partial charge in [-0.05, 0) is 37.4 Å². The number of carbonyl (C=O) groups excluding carboxylic acids is 1. The Bertz CT molecular complexity index is 545. The van der Waals surface area contributed by atoms with Gasteiger partial charge in [0.25, 0.3) is 0 Å². The molecule has 0 spiro atoms. The van der Waals surface area contributed by atoms with Crippen molar-refractivity contribution in [3.05, 3.63) is 46.4 Å². The fourth-order valence-corrected chi connectivity index (χ4v) is 2.70. The maximum Gasteiger partial charge on any atom is 0.318 e. The quantitative estimate of drug-likeness (QED) is 0.902. The van der Waals surface area contributed by atoms with Crippen molar-refractivity contribution in [3.63, 3.8) is 0 Å². The van der Waals surface area contributed by atoms with Gasteiger partial charge in [0, 0.05) is 29.9 Å². The Morgan fingerprint density at radius 1 is 1.35 bits per heavy atom. The lowest BCUT2D eigenvalue weighted by molar-refractivity contribution is 0.189. The minimum absolute atomic E-state index is 0.0189. The van der Waals surface area contributed by atoms with Gasteiger partial charge >= 0.3 is 6.03 Å². The molecule has 0 radical (unpaired) electrons. The van der Waals surface area contributed by atoms with E-state index >= 15 is 0 Å². The van der Waals surface area contributed by atoms with Crippen molar-refractivity contribution in [1.82, 2.24) is 14.8 Å². The van der Waals surface area contributed by atoms with E-state index in [1.807, 2.05) is 60.1 Å². The number of thiophene rings is 1. The summed E-state index contributed by atoms with van der Waals surface area (Å²) in [6.45, 7) is 5.20. The van der Waals surface area contributed by atoms with Gasteiger partial charge in [-0.2, -0.15) is 0 Å². The van der Waals surface area contributed by atoms with Crippen LogP contribution in [0, 0.1) is 0 Å². The standard InChI is InChI=1S/C15H21N3OS/c1-12(2)16-15(19)18(11-14-7-5-9-20-14)10-13-6-4-8-17(13)3/h4-9,12H,10-11H2,1-3H3,(H,16,19). The Labute approximate surface area is 124 Å². The zero-order valence-electron chi connectivity index (χ0n) is 12.2. The lowest BCUT2D eigenvalue weighted by Crippen LogP contribution is -2.42. The fraction of sp³-hybridized carbons (Fsp3) is 0.400. The van der Waals surface area contributed by atoms with E-state index in [2.05, 4.69) is 11.4 Å². The van der Waals surface area contributed by atoms with E-state index in [0.29, 0.717) is 13.1 Å². The number of amides is 2. The Morgan fingerprint density at radius 3 is 2.70 bits per heavy atom. The van der Waals surface area contributed by atoms with Crippen molar-refractivity contribution < 1.29 is 4.79 Å². The van der Waals surface area contributed by atoms with Crippen molar-refractivity contribution in [1.29, 1.82) is 0 Å². The van der Waals surface area contributed by atoms with E-state index < -0.39 is 0 Å². The van der Waals surface area contributed by atoms with Gasteiger partial charge in [-0.15, -0.1) is 11.3 Å². The van der Waals surface area contributed by atoms with E-state index in [1.165, 1.54) is 4.88 Å². The molecule has 2 rings (SSSR count). The second-order valence-electron chi connectivity index (χ2n) is 5.15. The Morgan fingerprint density at radius 2 is 2.15 bits per heavy atom. The lowest BCUT2D eigenvalue weighted by atomic mass is 10.3. The molecule has 0 aliphatic rings. The van der Waals surface area contributed by atoms with Crippen LogP contribution in [0.25, 0.3) is 0 Å². The SMILES string of the molecule is CC(C)NC(=O)N(Cc1cccs1)Cc1cccn1C. The van der Waals surface area contributed by atoms with Crippen LogP contribution in [0.1, 0.15) is 24.4 Å². The number of urea groups is 1. The molecule has 2 aromatic rings. The highest BCUT2D eigenvalue weighted by molar-refractivity contribution is 7.09. The highest BCUT2D eigenvalue weighted by Crippen LogP contribution is 2.15. The topological polar surface area (TPSA) is 37.3 Å². The normalized spacial score (nSPS) is 10.8. The largest absolute Gasteiger partial charge is 0.353 e. The van der Waals surface area contributed by atoms with Crippen molar-refractivity contribution in [3.8, 4) is 0 Å². The predicted octanol–water partition coefficient (Wildman–Crippen LogP) is 3.21. The number of nitrogens with one attached hydrogen (secondary N) is 1. The maximum absolute atomic E-state index is 12.3. The number of hydrogen-bond donors (Lipinski definition) is 1. The summed E-state index contributed by atoms with van der Waals surface area (Å²) in [6.07, 6.45) is 2.00. The molecule has 0 saturated heterocycles. The Balaban J connectivity index is 2.11. The van der Waals surface area contributed by atoms with Crippen LogP contribution in [0.15, 0.2) is 35.8 Å². The van der Waals surface area contributed by atoms with E-state index in [4.69, 9.17) is 0 Å². The molecule has 0 aromatic carbocycles. The van der Waals surface area contributed by atoms with Crippen LogP contribution in [0.3, 0.4) is 0 Å². The third kappa shape index (κ3) is 3.87. The van der Waals surface area contributed by atoms with Crippen molar-refractivity contribution in [2.45, 2.75) is 33.0 Å². The Hall–Kier alpha value is -1.75. The summed E-state index contributed by atoms with van der Waals surface area (Å²) in [6, 6.07) is 8.24. The molecular weight excluding hydrogens is 270 g/mol. The first-order chi connectivity index (χ1) is 9.56. The van der Waals surface area contributed by atoms with Crippen LogP contribution in [-0.4, -0.2) is 21.5 Å². The molecule has 108 valence electrons. The highest BCUT2D eigenvalue weighted by atomic mass is 32.1. The van der Waals surface area contributed by atoms with E-state index in [0.717, 1.165) is 5.69 Å². The summed E-state index contributed by atoms with van der Waals surface area (Å²) in [5.74, 6) is 0. The van der Waals surface area contributed by atoms with Gasteiger partial charge in [0.1, 0.15) is 0 Å². The molecule has 0 saturated carbocycles. The molecule has 5 heteroatoms. The molecule has 20 heavy (non-hydrogen) atoms. The van der Waals surface area contributed by atoms with Gasteiger partial charge in [0.15, 0.2) is 0 Å². The molecule has 2 heterocycles. The van der Waals surface area contributed by atoms with Crippen molar-refractivity contribution in [2.75, 3.05) is 0 Å². The summed E-state index contributed by atoms with van der Waals surface area (Å²) in [7, 11) is 2.00.